The third kappa shape index (κ3) is 4.33. The van der Waals surface area contributed by atoms with Crippen molar-refractivity contribution in [2.45, 2.75) is 18.9 Å². The Hall–Kier alpha value is -4.11. The number of halogens is 1. The first kappa shape index (κ1) is 22.4. The number of hydrogen-bond donors (Lipinski definition) is 2. The molecule has 1 amide bonds. The molecule has 182 valence electrons. The maximum absolute atomic E-state index is 14.2. The smallest absolute Gasteiger partial charge is 0.251 e. The molecule has 0 bridgehead atoms. The van der Waals surface area contributed by atoms with Gasteiger partial charge in [0, 0.05) is 41.8 Å². The molecule has 1 aliphatic heterocycles. The van der Waals surface area contributed by atoms with E-state index in [0.29, 0.717) is 12.0 Å². The molecular weight excluding hydrogens is 457 g/mol. The number of aromatic amines is 1. The van der Waals surface area contributed by atoms with Crippen molar-refractivity contribution in [3.63, 3.8) is 0 Å². The summed E-state index contributed by atoms with van der Waals surface area (Å²) in [6.07, 6.45) is 4.81. The standard InChI is InChI=1S/C27H26FN7O/c1-34-14-17(10-18-4-2-3-5-23(18)28)11-21(15-34)31-27(36)20-6-7-24-22(12-20)26(33-32-24)19-8-9-35-25(13-19)29-16-30-35/h2-9,12-13,16-17,21H,10-11,14-15H2,1H3,(H,31,36)(H,32,33). The minimum Gasteiger partial charge on any atom is -0.348 e. The third-order valence-corrected chi connectivity index (χ3v) is 6.90. The third-order valence-electron chi connectivity index (χ3n) is 6.90. The zero-order valence-corrected chi connectivity index (χ0v) is 19.9. The number of likely N-dealkylation sites (tertiary alicyclic amines) is 1. The van der Waals surface area contributed by atoms with Crippen LogP contribution >= 0.6 is 0 Å². The minimum absolute atomic E-state index is 0.0112. The van der Waals surface area contributed by atoms with E-state index in [4.69, 9.17) is 0 Å². The van der Waals surface area contributed by atoms with Gasteiger partial charge in [-0.2, -0.15) is 10.2 Å². The topological polar surface area (TPSA) is 91.2 Å². The summed E-state index contributed by atoms with van der Waals surface area (Å²) in [6.45, 7) is 1.64. The molecule has 8 nitrogen and oxygen atoms in total. The maximum Gasteiger partial charge on any atom is 0.251 e. The molecule has 0 saturated carbocycles. The minimum atomic E-state index is -0.168. The van der Waals surface area contributed by atoms with E-state index >= 15 is 0 Å². The molecule has 1 fully saturated rings. The van der Waals surface area contributed by atoms with E-state index in [1.807, 2.05) is 55.7 Å². The van der Waals surface area contributed by atoms with Gasteiger partial charge in [0.1, 0.15) is 17.8 Å². The molecule has 1 aliphatic rings. The lowest BCUT2D eigenvalue weighted by atomic mass is 9.88. The summed E-state index contributed by atoms with van der Waals surface area (Å²) in [5.74, 6) is -0.0263. The van der Waals surface area contributed by atoms with Crippen molar-refractivity contribution in [1.82, 2.24) is 35.0 Å². The van der Waals surface area contributed by atoms with Gasteiger partial charge in [-0.15, -0.1) is 0 Å². The van der Waals surface area contributed by atoms with Crippen LogP contribution in [0, 0.1) is 11.7 Å². The Bertz CT molecular complexity index is 1560. The Morgan fingerprint density at radius 3 is 2.94 bits per heavy atom. The molecular formula is C27H26FN7O. The van der Waals surface area contributed by atoms with Crippen LogP contribution in [0.5, 0.6) is 0 Å². The van der Waals surface area contributed by atoms with Crippen LogP contribution in [-0.4, -0.2) is 61.8 Å². The molecule has 2 atom stereocenters. The summed E-state index contributed by atoms with van der Waals surface area (Å²) in [5, 5.41) is 15.8. The summed E-state index contributed by atoms with van der Waals surface area (Å²) in [5.41, 5.74) is 4.53. The Labute approximate surface area is 207 Å². The zero-order valence-electron chi connectivity index (χ0n) is 19.9. The largest absolute Gasteiger partial charge is 0.348 e. The number of amides is 1. The monoisotopic (exact) mass is 483 g/mol. The van der Waals surface area contributed by atoms with Gasteiger partial charge in [0.2, 0.25) is 0 Å². The van der Waals surface area contributed by atoms with E-state index in [1.165, 1.54) is 12.4 Å². The van der Waals surface area contributed by atoms with E-state index in [1.54, 1.807) is 10.6 Å². The highest BCUT2D eigenvalue weighted by Gasteiger charge is 2.27. The second kappa shape index (κ2) is 9.16. The van der Waals surface area contributed by atoms with Crippen LogP contribution in [0.4, 0.5) is 4.39 Å². The number of nitrogens with one attached hydrogen (secondary N) is 2. The molecule has 2 aromatic carbocycles. The maximum atomic E-state index is 14.2. The second-order valence-electron chi connectivity index (χ2n) is 9.60. The lowest BCUT2D eigenvalue weighted by Gasteiger charge is -2.36. The molecule has 1 saturated heterocycles. The lowest BCUT2D eigenvalue weighted by Crippen LogP contribution is -2.49. The SMILES string of the molecule is CN1CC(Cc2ccccc2F)CC(NC(=O)c2ccc3[nH]nc(-c4ccn5ncnc5c4)c3c2)C1. The van der Waals surface area contributed by atoms with E-state index < -0.39 is 0 Å². The number of H-pyrrole nitrogens is 1. The zero-order chi connectivity index (χ0) is 24.6. The first-order valence-electron chi connectivity index (χ1n) is 12.0. The molecule has 5 aromatic rings. The van der Waals surface area contributed by atoms with Gasteiger partial charge in [-0.1, -0.05) is 18.2 Å². The second-order valence-corrected chi connectivity index (χ2v) is 9.60. The lowest BCUT2D eigenvalue weighted by molar-refractivity contribution is 0.0889. The van der Waals surface area contributed by atoms with E-state index in [9.17, 15) is 9.18 Å². The number of likely N-dealkylation sites (N-methyl/N-ethyl adjacent to an activating group) is 1. The number of carbonyl (C=O) groups excluding carboxylic acids is 1. The van der Waals surface area contributed by atoms with Crippen LogP contribution in [0.15, 0.2) is 67.1 Å². The van der Waals surface area contributed by atoms with Crippen LogP contribution in [0.25, 0.3) is 27.8 Å². The van der Waals surface area contributed by atoms with Gasteiger partial charge in [0.25, 0.3) is 5.91 Å². The summed E-state index contributed by atoms with van der Waals surface area (Å²) >= 11 is 0. The quantitative estimate of drug-likeness (QED) is 0.398. The van der Waals surface area contributed by atoms with Gasteiger partial charge in [-0.05, 0) is 67.8 Å². The predicted octanol–water partition coefficient (Wildman–Crippen LogP) is 3.70. The van der Waals surface area contributed by atoms with E-state index in [0.717, 1.165) is 52.9 Å². The molecule has 2 N–H and O–H groups in total. The number of pyridine rings is 1. The van der Waals surface area contributed by atoms with Crippen molar-refractivity contribution < 1.29 is 9.18 Å². The van der Waals surface area contributed by atoms with Gasteiger partial charge in [-0.25, -0.2) is 13.9 Å². The average molecular weight is 484 g/mol. The van der Waals surface area contributed by atoms with Crippen molar-refractivity contribution in [2.24, 2.45) is 5.92 Å². The number of fused-ring (bicyclic) bond motifs is 2. The molecule has 6 rings (SSSR count). The van der Waals surface area contributed by atoms with Crippen molar-refractivity contribution in [3.8, 4) is 11.3 Å². The summed E-state index contributed by atoms with van der Waals surface area (Å²) in [6, 6.07) is 16.3. The van der Waals surface area contributed by atoms with Crippen LogP contribution < -0.4 is 5.32 Å². The summed E-state index contributed by atoms with van der Waals surface area (Å²) in [4.78, 5) is 19.7. The van der Waals surface area contributed by atoms with Gasteiger partial charge in [-0.3, -0.25) is 9.89 Å². The first-order chi connectivity index (χ1) is 17.5. The number of hydrogen-bond acceptors (Lipinski definition) is 5. The Kier molecular flexibility index (Phi) is 5.69. The van der Waals surface area contributed by atoms with Crippen LogP contribution in [0.1, 0.15) is 22.3 Å². The molecule has 0 aliphatic carbocycles. The van der Waals surface area contributed by atoms with Gasteiger partial charge in [0.15, 0.2) is 5.65 Å². The number of benzene rings is 2. The van der Waals surface area contributed by atoms with Gasteiger partial charge in [0.05, 0.1) is 5.52 Å². The van der Waals surface area contributed by atoms with Crippen molar-refractivity contribution >= 4 is 22.5 Å². The number of piperidine rings is 1. The fourth-order valence-electron chi connectivity index (χ4n) is 5.28. The molecule has 2 unspecified atom stereocenters. The normalized spacial score (nSPS) is 18.6. The van der Waals surface area contributed by atoms with E-state index in [-0.39, 0.29) is 23.7 Å². The predicted molar refractivity (Wildman–Crippen MR) is 135 cm³/mol. The van der Waals surface area contributed by atoms with Crippen LogP contribution in [0.2, 0.25) is 0 Å². The molecule has 36 heavy (non-hydrogen) atoms. The number of nitrogens with zero attached hydrogens (tertiary/aromatic N) is 5. The highest BCUT2D eigenvalue weighted by atomic mass is 19.1. The fraction of sp³-hybridized carbons (Fsp3) is 0.259. The molecule has 0 spiro atoms. The van der Waals surface area contributed by atoms with E-state index in [2.05, 4.69) is 30.5 Å². The molecule has 3 aromatic heterocycles. The number of aromatic nitrogens is 5. The highest BCUT2D eigenvalue weighted by molar-refractivity contribution is 6.01. The van der Waals surface area contributed by atoms with Crippen molar-refractivity contribution in [1.29, 1.82) is 0 Å². The van der Waals surface area contributed by atoms with Crippen LogP contribution in [0.3, 0.4) is 0 Å². The van der Waals surface area contributed by atoms with Crippen molar-refractivity contribution in [2.75, 3.05) is 20.1 Å². The van der Waals surface area contributed by atoms with Crippen molar-refractivity contribution in [3.05, 3.63) is 84.1 Å². The summed E-state index contributed by atoms with van der Waals surface area (Å²) in [7, 11) is 2.04. The number of rotatable bonds is 5. The highest BCUT2D eigenvalue weighted by Crippen LogP contribution is 2.28. The van der Waals surface area contributed by atoms with Gasteiger partial charge >= 0.3 is 0 Å². The Balaban J connectivity index is 1.21. The Morgan fingerprint density at radius 2 is 2.06 bits per heavy atom. The average Bonchev–Trinajstić information content (AvgIpc) is 3.51. The molecule has 4 heterocycles. The first-order valence-corrected chi connectivity index (χ1v) is 12.0. The van der Waals surface area contributed by atoms with Crippen LogP contribution in [-0.2, 0) is 6.42 Å². The molecule has 0 radical (unpaired) electrons. The fourth-order valence-corrected chi connectivity index (χ4v) is 5.28. The number of carbonyl (C=O) groups is 1. The Morgan fingerprint density at radius 1 is 1.17 bits per heavy atom. The summed E-state index contributed by atoms with van der Waals surface area (Å²) < 4.78 is 15.9. The van der Waals surface area contributed by atoms with Gasteiger partial charge < -0.3 is 10.2 Å². The molecule has 9 heteroatoms.